The van der Waals surface area contributed by atoms with E-state index in [0.717, 1.165) is 32.5 Å². The van der Waals surface area contributed by atoms with E-state index in [1.165, 1.54) is 21.2 Å². The Morgan fingerprint density at radius 1 is 1.25 bits per heavy atom. The molecule has 1 aromatic carbocycles. The second-order valence-corrected chi connectivity index (χ2v) is 5.45. The van der Waals surface area contributed by atoms with Crippen LogP contribution in [0.1, 0.15) is 23.1 Å². The number of benzene rings is 1. The van der Waals surface area contributed by atoms with Crippen molar-refractivity contribution in [1.29, 1.82) is 0 Å². The van der Waals surface area contributed by atoms with Crippen molar-refractivity contribution in [3.8, 4) is 0 Å². The molecule has 0 amide bonds. The Morgan fingerprint density at radius 3 is 2.75 bits per heavy atom. The van der Waals surface area contributed by atoms with Gasteiger partial charge < -0.3 is 9.47 Å². The number of halogens is 1. The molecule has 1 heterocycles. The molecular weight excluding hydrogens is 268 g/mol. The van der Waals surface area contributed by atoms with Gasteiger partial charge in [-0.2, -0.15) is 0 Å². The quantitative estimate of drug-likeness (QED) is 0.728. The summed E-state index contributed by atoms with van der Waals surface area (Å²) < 4.78 is 12.8. The molecule has 3 heteroatoms. The van der Waals surface area contributed by atoms with Gasteiger partial charge in [0.2, 0.25) is 0 Å². The van der Waals surface area contributed by atoms with Crippen LogP contribution >= 0.6 is 15.9 Å². The van der Waals surface area contributed by atoms with Crippen LogP contribution in [0.4, 0.5) is 0 Å². The molecule has 0 radical (unpaired) electrons. The third kappa shape index (κ3) is 1.62. The first-order chi connectivity index (χ1) is 7.70. The number of fused-ring (bicyclic) bond motifs is 1. The molecule has 1 aromatic rings. The van der Waals surface area contributed by atoms with Gasteiger partial charge >= 0.3 is 0 Å². The van der Waals surface area contributed by atoms with Crippen LogP contribution in [0.15, 0.2) is 16.6 Å². The monoisotopic (exact) mass is 282 g/mol. The topological polar surface area (TPSA) is 18.5 Å². The van der Waals surface area contributed by atoms with Crippen LogP contribution in [-0.4, -0.2) is 19.0 Å². The zero-order valence-electron chi connectivity index (χ0n) is 9.38. The summed E-state index contributed by atoms with van der Waals surface area (Å²) in [6, 6.07) is 4.32. The first-order valence-electron chi connectivity index (χ1n) is 5.75. The van der Waals surface area contributed by atoms with E-state index >= 15 is 0 Å². The van der Waals surface area contributed by atoms with Crippen molar-refractivity contribution in [1.82, 2.24) is 0 Å². The van der Waals surface area contributed by atoms with Gasteiger partial charge in [-0.3, -0.25) is 0 Å². The Morgan fingerprint density at radius 2 is 2.00 bits per heavy atom. The maximum Gasteiger partial charge on any atom is 0.172 e. The van der Waals surface area contributed by atoms with Gasteiger partial charge in [-0.15, -0.1) is 0 Å². The predicted molar refractivity (Wildman–Crippen MR) is 65.5 cm³/mol. The summed E-state index contributed by atoms with van der Waals surface area (Å²) in [6.45, 7) is 3.66. The molecule has 1 spiro atoms. The molecule has 1 fully saturated rings. The highest BCUT2D eigenvalue weighted by atomic mass is 79.9. The fraction of sp³-hybridized carbons (Fsp3) is 0.538. The van der Waals surface area contributed by atoms with E-state index in [1.807, 2.05) is 0 Å². The molecule has 86 valence electrons. The zero-order chi connectivity index (χ0) is 11.2. The summed E-state index contributed by atoms with van der Waals surface area (Å²) >= 11 is 3.59. The van der Waals surface area contributed by atoms with Gasteiger partial charge in [-0.25, -0.2) is 0 Å². The van der Waals surface area contributed by atoms with Crippen molar-refractivity contribution in [2.75, 3.05) is 13.2 Å². The largest absolute Gasteiger partial charge is 0.347 e. The van der Waals surface area contributed by atoms with Gasteiger partial charge in [0.05, 0.1) is 13.2 Å². The standard InChI is InChI=1S/C13H15BrO2/c1-9-11-4-5-13(15-6-7-16-13)8-10(11)2-3-12(9)14/h2-3H,4-8H2,1H3. The molecule has 0 atom stereocenters. The summed E-state index contributed by atoms with van der Waals surface area (Å²) in [7, 11) is 0. The minimum Gasteiger partial charge on any atom is -0.347 e. The first kappa shape index (κ1) is 10.8. The molecule has 2 nitrogen and oxygen atoms in total. The molecule has 3 rings (SSSR count). The average Bonchev–Trinajstić information content (AvgIpc) is 2.72. The third-order valence-corrected chi connectivity index (χ3v) is 4.52. The lowest BCUT2D eigenvalue weighted by Gasteiger charge is -2.33. The Balaban J connectivity index is 1.98. The maximum absolute atomic E-state index is 5.77. The molecular formula is C13H15BrO2. The lowest BCUT2D eigenvalue weighted by atomic mass is 9.85. The lowest BCUT2D eigenvalue weighted by molar-refractivity contribution is -0.163. The summed E-state index contributed by atoms with van der Waals surface area (Å²) in [4.78, 5) is 0. The molecule has 0 unspecified atom stereocenters. The van der Waals surface area contributed by atoms with E-state index in [0.29, 0.717) is 0 Å². The van der Waals surface area contributed by atoms with Gasteiger partial charge in [-0.1, -0.05) is 22.0 Å². The smallest absolute Gasteiger partial charge is 0.172 e. The Bertz CT molecular complexity index is 422. The minimum atomic E-state index is -0.312. The highest BCUT2D eigenvalue weighted by Crippen LogP contribution is 2.37. The summed E-state index contributed by atoms with van der Waals surface area (Å²) in [6.07, 6.45) is 2.94. The first-order valence-corrected chi connectivity index (χ1v) is 6.54. The van der Waals surface area contributed by atoms with Crippen molar-refractivity contribution >= 4 is 15.9 Å². The third-order valence-electron chi connectivity index (χ3n) is 3.66. The molecule has 0 saturated carbocycles. The summed E-state index contributed by atoms with van der Waals surface area (Å²) in [5.74, 6) is -0.312. The van der Waals surface area contributed by atoms with E-state index in [9.17, 15) is 0 Å². The van der Waals surface area contributed by atoms with Crippen LogP contribution in [0, 0.1) is 6.92 Å². The number of hydrogen-bond acceptors (Lipinski definition) is 2. The molecule has 0 N–H and O–H groups in total. The second-order valence-electron chi connectivity index (χ2n) is 4.59. The molecule has 2 aliphatic rings. The summed E-state index contributed by atoms with van der Waals surface area (Å²) in [5, 5.41) is 0. The lowest BCUT2D eigenvalue weighted by Crippen LogP contribution is -2.37. The Hall–Kier alpha value is -0.380. The van der Waals surface area contributed by atoms with E-state index in [4.69, 9.17) is 9.47 Å². The number of hydrogen-bond donors (Lipinski definition) is 0. The number of rotatable bonds is 0. The van der Waals surface area contributed by atoms with Gasteiger partial charge in [0, 0.05) is 17.3 Å². The zero-order valence-corrected chi connectivity index (χ0v) is 11.0. The molecule has 16 heavy (non-hydrogen) atoms. The normalized spacial score (nSPS) is 22.4. The van der Waals surface area contributed by atoms with Crippen molar-refractivity contribution in [2.45, 2.75) is 32.0 Å². The fourth-order valence-corrected chi connectivity index (χ4v) is 3.11. The Kier molecular flexibility index (Phi) is 2.57. The van der Waals surface area contributed by atoms with E-state index in [-0.39, 0.29) is 5.79 Å². The van der Waals surface area contributed by atoms with Crippen LogP contribution in [-0.2, 0) is 22.3 Å². The highest BCUT2D eigenvalue weighted by molar-refractivity contribution is 9.10. The second kappa shape index (κ2) is 3.83. The number of ether oxygens (including phenoxy) is 2. The maximum atomic E-state index is 5.77. The summed E-state index contributed by atoms with van der Waals surface area (Å²) in [5.41, 5.74) is 4.22. The minimum absolute atomic E-state index is 0.312. The van der Waals surface area contributed by atoms with Gasteiger partial charge in [-0.05, 0) is 36.1 Å². The average molecular weight is 283 g/mol. The van der Waals surface area contributed by atoms with E-state index < -0.39 is 0 Å². The van der Waals surface area contributed by atoms with Crippen LogP contribution in [0.25, 0.3) is 0 Å². The van der Waals surface area contributed by atoms with E-state index in [2.05, 4.69) is 35.0 Å². The van der Waals surface area contributed by atoms with Crippen LogP contribution in [0.5, 0.6) is 0 Å². The van der Waals surface area contributed by atoms with E-state index in [1.54, 1.807) is 0 Å². The van der Waals surface area contributed by atoms with Gasteiger partial charge in [0.15, 0.2) is 5.79 Å². The van der Waals surface area contributed by atoms with Crippen molar-refractivity contribution in [2.24, 2.45) is 0 Å². The van der Waals surface area contributed by atoms with Gasteiger partial charge in [0.1, 0.15) is 0 Å². The molecule has 0 aromatic heterocycles. The fourth-order valence-electron chi connectivity index (χ4n) is 2.74. The highest BCUT2D eigenvalue weighted by Gasteiger charge is 2.40. The van der Waals surface area contributed by atoms with Crippen LogP contribution in [0.2, 0.25) is 0 Å². The molecule has 1 aliphatic carbocycles. The van der Waals surface area contributed by atoms with Gasteiger partial charge in [0.25, 0.3) is 0 Å². The predicted octanol–water partition coefficient (Wildman–Crippen LogP) is 2.99. The molecule has 1 saturated heterocycles. The molecule has 1 aliphatic heterocycles. The molecule has 0 bridgehead atoms. The van der Waals surface area contributed by atoms with Crippen molar-refractivity contribution in [3.63, 3.8) is 0 Å². The SMILES string of the molecule is Cc1c(Br)ccc2c1CCC1(C2)OCCO1. The van der Waals surface area contributed by atoms with Crippen molar-refractivity contribution in [3.05, 3.63) is 33.3 Å². The van der Waals surface area contributed by atoms with Crippen molar-refractivity contribution < 1.29 is 9.47 Å². The Labute approximate surface area is 104 Å². The van der Waals surface area contributed by atoms with Crippen LogP contribution in [0.3, 0.4) is 0 Å². The van der Waals surface area contributed by atoms with Crippen LogP contribution < -0.4 is 0 Å².